The van der Waals surface area contributed by atoms with Gasteiger partial charge in [0, 0.05) is 18.3 Å². The minimum atomic E-state index is 0.0297. The van der Waals surface area contributed by atoms with E-state index in [1.807, 2.05) is 6.92 Å². The number of aryl methyl sites for hydroxylation is 2. The molecular weight excluding hydrogens is 224 g/mol. The molecule has 0 bridgehead atoms. The minimum Gasteiger partial charge on any atom is -0.381 e. The predicted molar refractivity (Wildman–Crippen MR) is 75.0 cm³/mol. The predicted octanol–water partition coefficient (Wildman–Crippen LogP) is 3.46. The molecule has 1 aliphatic heterocycles. The first-order valence-electron chi connectivity index (χ1n) is 6.87. The highest BCUT2D eigenvalue weighted by molar-refractivity contribution is 5.48. The number of nitrogens with one attached hydrogen (secondary N) is 1. The van der Waals surface area contributed by atoms with Crippen LogP contribution < -0.4 is 5.32 Å². The van der Waals surface area contributed by atoms with Gasteiger partial charge in [0.25, 0.3) is 0 Å². The monoisotopic (exact) mass is 248 g/mol. The van der Waals surface area contributed by atoms with E-state index in [0.29, 0.717) is 6.04 Å². The second kappa shape index (κ2) is 5.27. The molecule has 1 aliphatic rings. The molecule has 3 heteroatoms. The fourth-order valence-corrected chi connectivity index (χ4v) is 2.56. The quantitative estimate of drug-likeness (QED) is 0.889. The lowest BCUT2D eigenvalue weighted by Gasteiger charge is -2.38. The highest BCUT2D eigenvalue weighted by Crippen LogP contribution is 2.29. The van der Waals surface area contributed by atoms with Crippen LogP contribution in [0.3, 0.4) is 0 Å². The lowest BCUT2D eigenvalue weighted by molar-refractivity contribution is -0.0708. The van der Waals surface area contributed by atoms with Crippen molar-refractivity contribution in [3.05, 3.63) is 23.5 Å². The molecule has 0 spiro atoms. The third kappa shape index (κ3) is 3.02. The number of hydrogen-bond acceptors (Lipinski definition) is 3. The number of anilines is 1. The van der Waals surface area contributed by atoms with Crippen molar-refractivity contribution in [3.63, 3.8) is 0 Å². The average molecular weight is 248 g/mol. The molecule has 2 unspecified atom stereocenters. The Morgan fingerprint density at radius 2 is 2.22 bits per heavy atom. The summed E-state index contributed by atoms with van der Waals surface area (Å²) in [6.07, 6.45) is 3.20. The summed E-state index contributed by atoms with van der Waals surface area (Å²) in [7, 11) is 0. The first kappa shape index (κ1) is 13.3. The molecule has 2 heterocycles. The summed E-state index contributed by atoms with van der Waals surface area (Å²) < 4.78 is 5.88. The lowest BCUT2D eigenvalue weighted by atomic mass is 9.90. The van der Waals surface area contributed by atoms with Crippen LogP contribution in [0.4, 0.5) is 5.69 Å². The van der Waals surface area contributed by atoms with Gasteiger partial charge >= 0.3 is 0 Å². The van der Waals surface area contributed by atoms with Crippen LogP contribution in [-0.4, -0.2) is 23.2 Å². The third-order valence-electron chi connectivity index (χ3n) is 3.93. The van der Waals surface area contributed by atoms with Crippen molar-refractivity contribution in [3.8, 4) is 0 Å². The molecule has 1 aromatic rings. The Kier molecular flexibility index (Phi) is 3.91. The van der Waals surface area contributed by atoms with Crippen LogP contribution in [0.5, 0.6) is 0 Å². The lowest BCUT2D eigenvalue weighted by Crippen LogP contribution is -2.42. The van der Waals surface area contributed by atoms with Gasteiger partial charge in [-0.1, -0.05) is 6.92 Å². The van der Waals surface area contributed by atoms with Gasteiger partial charge in [0.05, 0.1) is 17.0 Å². The maximum absolute atomic E-state index is 5.88. The van der Waals surface area contributed by atoms with Gasteiger partial charge in [0.1, 0.15) is 0 Å². The zero-order valence-electron chi connectivity index (χ0n) is 11.9. The normalized spacial score (nSPS) is 28.1. The summed E-state index contributed by atoms with van der Waals surface area (Å²) >= 11 is 0. The van der Waals surface area contributed by atoms with Crippen molar-refractivity contribution in [1.29, 1.82) is 0 Å². The Hall–Kier alpha value is -1.09. The van der Waals surface area contributed by atoms with E-state index >= 15 is 0 Å². The fraction of sp³-hybridized carbons (Fsp3) is 0.667. The van der Waals surface area contributed by atoms with Gasteiger partial charge in [-0.05, 0) is 52.2 Å². The van der Waals surface area contributed by atoms with Crippen LogP contribution >= 0.6 is 0 Å². The Morgan fingerprint density at radius 1 is 1.44 bits per heavy atom. The average Bonchev–Trinajstić information content (AvgIpc) is 2.33. The summed E-state index contributed by atoms with van der Waals surface area (Å²) in [4.78, 5) is 4.50. The molecule has 2 rings (SSSR count). The molecule has 3 nitrogen and oxygen atoms in total. The van der Waals surface area contributed by atoms with Gasteiger partial charge in [-0.25, -0.2) is 0 Å². The van der Waals surface area contributed by atoms with Gasteiger partial charge in [-0.15, -0.1) is 0 Å². The molecule has 1 N–H and O–H groups in total. The van der Waals surface area contributed by atoms with Gasteiger partial charge in [0.15, 0.2) is 0 Å². The fourth-order valence-electron chi connectivity index (χ4n) is 2.56. The Morgan fingerprint density at radius 3 is 2.89 bits per heavy atom. The largest absolute Gasteiger partial charge is 0.381 e. The SMILES string of the molecule is CCC1(C)CC(Nc2ccc(C)nc2C)CCO1. The molecule has 2 atom stereocenters. The third-order valence-corrected chi connectivity index (χ3v) is 3.93. The zero-order chi connectivity index (χ0) is 13.2. The van der Waals surface area contributed by atoms with Gasteiger partial charge in [0.2, 0.25) is 0 Å². The molecule has 0 radical (unpaired) electrons. The molecule has 0 saturated carbocycles. The Bertz CT molecular complexity index is 419. The van der Waals surface area contributed by atoms with Crippen LogP contribution in [0.15, 0.2) is 12.1 Å². The van der Waals surface area contributed by atoms with E-state index in [1.54, 1.807) is 0 Å². The molecule has 1 aromatic heterocycles. The maximum atomic E-state index is 5.88. The molecule has 0 aliphatic carbocycles. The first-order chi connectivity index (χ1) is 8.52. The van der Waals surface area contributed by atoms with Gasteiger partial charge in [-0.3, -0.25) is 4.98 Å². The van der Waals surface area contributed by atoms with Crippen molar-refractivity contribution < 1.29 is 4.74 Å². The van der Waals surface area contributed by atoms with Crippen molar-refractivity contribution in [2.75, 3.05) is 11.9 Å². The number of nitrogens with zero attached hydrogens (tertiary/aromatic N) is 1. The van der Waals surface area contributed by atoms with Crippen LogP contribution in [0, 0.1) is 13.8 Å². The number of aromatic nitrogens is 1. The van der Waals surface area contributed by atoms with Crippen LogP contribution in [0.2, 0.25) is 0 Å². The molecule has 100 valence electrons. The van der Waals surface area contributed by atoms with E-state index < -0.39 is 0 Å². The molecule has 0 amide bonds. The second-order valence-corrected chi connectivity index (χ2v) is 5.57. The topological polar surface area (TPSA) is 34.2 Å². The number of hydrogen-bond donors (Lipinski definition) is 1. The van der Waals surface area contributed by atoms with E-state index in [0.717, 1.165) is 42.9 Å². The van der Waals surface area contributed by atoms with Gasteiger partial charge in [-0.2, -0.15) is 0 Å². The summed E-state index contributed by atoms with van der Waals surface area (Å²) in [5.41, 5.74) is 3.34. The highest BCUT2D eigenvalue weighted by atomic mass is 16.5. The summed E-state index contributed by atoms with van der Waals surface area (Å²) in [6.45, 7) is 9.34. The maximum Gasteiger partial charge on any atom is 0.0671 e. The molecular formula is C15H24N2O. The molecule has 0 aromatic carbocycles. The van der Waals surface area contributed by atoms with E-state index in [2.05, 4.69) is 43.2 Å². The number of rotatable bonds is 3. The molecule has 1 saturated heterocycles. The van der Waals surface area contributed by atoms with Crippen molar-refractivity contribution in [1.82, 2.24) is 4.98 Å². The Labute approximate surface area is 110 Å². The summed E-state index contributed by atoms with van der Waals surface area (Å²) in [6, 6.07) is 4.69. The van der Waals surface area contributed by atoms with E-state index in [1.165, 1.54) is 0 Å². The van der Waals surface area contributed by atoms with E-state index in [9.17, 15) is 0 Å². The van der Waals surface area contributed by atoms with Crippen molar-refractivity contribution in [2.45, 2.75) is 58.6 Å². The zero-order valence-corrected chi connectivity index (χ0v) is 11.9. The Balaban J connectivity index is 2.05. The van der Waals surface area contributed by atoms with E-state index in [4.69, 9.17) is 4.74 Å². The van der Waals surface area contributed by atoms with E-state index in [-0.39, 0.29) is 5.60 Å². The van der Waals surface area contributed by atoms with Crippen LogP contribution in [-0.2, 0) is 4.74 Å². The molecule has 18 heavy (non-hydrogen) atoms. The summed E-state index contributed by atoms with van der Waals surface area (Å²) in [5, 5.41) is 3.62. The second-order valence-electron chi connectivity index (χ2n) is 5.57. The molecule has 1 fully saturated rings. The highest BCUT2D eigenvalue weighted by Gasteiger charge is 2.31. The van der Waals surface area contributed by atoms with Crippen LogP contribution in [0.25, 0.3) is 0 Å². The van der Waals surface area contributed by atoms with Gasteiger partial charge < -0.3 is 10.1 Å². The summed E-state index contributed by atoms with van der Waals surface area (Å²) in [5.74, 6) is 0. The van der Waals surface area contributed by atoms with Crippen molar-refractivity contribution >= 4 is 5.69 Å². The van der Waals surface area contributed by atoms with Crippen molar-refractivity contribution in [2.24, 2.45) is 0 Å². The first-order valence-corrected chi connectivity index (χ1v) is 6.87. The number of pyridine rings is 1. The standard InChI is InChI=1S/C15H24N2O/c1-5-15(4)10-13(8-9-18-15)17-14-7-6-11(2)16-12(14)3/h6-7,13,17H,5,8-10H2,1-4H3. The van der Waals surface area contributed by atoms with Crippen LogP contribution in [0.1, 0.15) is 44.5 Å². The smallest absolute Gasteiger partial charge is 0.0671 e. The number of ether oxygens (including phenoxy) is 1. The minimum absolute atomic E-state index is 0.0297.